The predicted molar refractivity (Wildman–Crippen MR) is 142 cm³/mol. The number of rotatable bonds is 7. The molecule has 4 rings (SSSR count). The summed E-state index contributed by atoms with van der Waals surface area (Å²) in [6.45, 7) is 8.64. The van der Waals surface area contributed by atoms with E-state index >= 15 is 0 Å². The minimum Gasteiger partial charge on any atom is -0.350 e. The summed E-state index contributed by atoms with van der Waals surface area (Å²) in [7, 11) is 1.92. The van der Waals surface area contributed by atoms with E-state index in [0.717, 1.165) is 22.8 Å². The molecule has 2 aromatic carbocycles. The molecule has 0 aliphatic rings. The van der Waals surface area contributed by atoms with E-state index in [9.17, 15) is 4.79 Å². The Kier molecular flexibility index (Phi) is 7.21. The molecule has 0 saturated heterocycles. The van der Waals surface area contributed by atoms with E-state index in [0.29, 0.717) is 5.16 Å². The van der Waals surface area contributed by atoms with Crippen molar-refractivity contribution in [2.24, 2.45) is 12.1 Å². The molecule has 0 spiro atoms. The van der Waals surface area contributed by atoms with Crippen LogP contribution in [0.15, 0.2) is 77.1 Å². The highest BCUT2D eigenvalue weighted by molar-refractivity contribution is 7.99. The number of amides is 1. The summed E-state index contributed by atoms with van der Waals surface area (Å²) in [6, 6.07) is 20.5. The number of nitrogens with one attached hydrogen (secondary N) is 1. The van der Waals surface area contributed by atoms with E-state index in [1.165, 1.54) is 22.9 Å². The number of benzene rings is 2. The Bertz CT molecular complexity index is 1330. The van der Waals surface area contributed by atoms with Crippen molar-refractivity contribution in [1.82, 2.24) is 24.8 Å². The van der Waals surface area contributed by atoms with Crippen LogP contribution in [-0.4, -0.2) is 37.2 Å². The SMILES string of the molecule is Cc1ccc(-n2c(SCC(=O)N/N=C\c3cccn3C)nnc2-c2ccc(C(C)(C)C)cc2)cc1. The van der Waals surface area contributed by atoms with Gasteiger partial charge in [-0.3, -0.25) is 9.36 Å². The highest BCUT2D eigenvalue weighted by atomic mass is 32.2. The standard InChI is InChI=1S/C27H30N6OS/c1-19-8-14-22(15-9-19)33-25(20-10-12-21(13-11-20)27(2,3)4)30-31-26(33)35-18-24(34)29-28-17-23-7-6-16-32(23)5/h6-17H,18H2,1-5H3,(H,29,34)/b28-17-. The second-order valence-electron chi connectivity index (χ2n) is 9.43. The van der Waals surface area contributed by atoms with E-state index in [-0.39, 0.29) is 17.1 Å². The molecule has 0 unspecified atom stereocenters. The lowest BCUT2D eigenvalue weighted by Gasteiger charge is -2.19. The zero-order valence-electron chi connectivity index (χ0n) is 20.7. The lowest BCUT2D eigenvalue weighted by atomic mass is 9.87. The molecule has 0 fully saturated rings. The third-order valence-corrected chi connectivity index (χ3v) is 6.57. The van der Waals surface area contributed by atoms with Crippen molar-refractivity contribution >= 4 is 23.9 Å². The number of hydrazone groups is 1. The Labute approximate surface area is 210 Å². The van der Waals surface area contributed by atoms with Crippen molar-refractivity contribution in [2.75, 3.05) is 5.75 Å². The molecular weight excluding hydrogens is 456 g/mol. The summed E-state index contributed by atoms with van der Waals surface area (Å²) in [4.78, 5) is 12.4. The lowest BCUT2D eigenvalue weighted by Crippen LogP contribution is -2.20. The molecule has 0 radical (unpaired) electrons. The summed E-state index contributed by atoms with van der Waals surface area (Å²) in [5, 5.41) is 13.6. The van der Waals surface area contributed by atoms with Crippen LogP contribution in [0.25, 0.3) is 17.1 Å². The highest BCUT2D eigenvalue weighted by Gasteiger charge is 2.19. The van der Waals surface area contributed by atoms with E-state index in [1.54, 1.807) is 6.21 Å². The predicted octanol–water partition coefficient (Wildman–Crippen LogP) is 5.12. The van der Waals surface area contributed by atoms with Gasteiger partial charge in [0.1, 0.15) is 0 Å². The molecule has 180 valence electrons. The van der Waals surface area contributed by atoms with Gasteiger partial charge in [-0.2, -0.15) is 5.10 Å². The van der Waals surface area contributed by atoms with Crippen LogP contribution in [0.5, 0.6) is 0 Å². The third kappa shape index (κ3) is 5.89. The molecule has 0 aliphatic heterocycles. The number of hydrogen-bond acceptors (Lipinski definition) is 5. The number of nitrogens with zero attached hydrogens (tertiary/aromatic N) is 5. The van der Waals surface area contributed by atoms with Crippen molar-refractivity contribution in [1.29, 1.82) is 0 Å². The number of aromatic nitrogens is 4. The average Bonchev–Trinajstić information content (AvgIpc) is 3.44. The smallest absolute Gasteiger partial charge is 0.250 e. The van der Waals surface area contributed by atoms with E-state index in [1.807, 2.05) is 46.6 Å². The van der Waals surface area contributed by atoms with Crippen LogP contribution in [-0.2, 0) is 17.3 Å². The normalized spacial score (nSPS) is 11.8. The Morgan fingerprint density at radius 3 is 2.40 bits per heavy atom. The summed E-state index contributed by atoms with van der Waals surface area (Å²) >= 11 is 1.33. The Morgan fingerprint density at radius 2 is 1.77 bits per heavy atom. The molecule has 2 aromatic heterocycles. The Morgan fingerprint density at radius 1 is 1.06 bits per heavy atom. The third-order valence-electron chi connectivity index (χ3n) is 5.64. The van der Waals surface area contributed by atoms with Crippen LogP contribution < -0.4 is 5.43 Å². The molecule has 7 nitrogen and oxygen atoms in total. The Balaban J connectivity index is 1.56. The largest absolute Gasteiger partial charge is 0.350 e. The highest BCUT2D eigenvalue weighted by Crippen LogP contribution is 2.30. The fraction of sp³-hybridized carbons (Fsp3) is 0.259. The van der Waals surface area contributed by atoms with Gasteiger partial charge in [0.15, 0.2) is 11.0 Å². The lowest BCUT2D eigenvalue weighted by molar-refractivity contribution is -0.118. The Hall–Kier alpha value is -3.65. The molecule has 1 N–H and O–H groups in total. The average molecular weight is 487 g/mol. The van der Waals surface area contributed by atoms with E-state index in [2.05, 4.69) is 84.8 Å². The molecule has 8 heteroatoms. The minimum atomic E-state index is -0.213. The first-order valence-corrected chi connectivity index (χ1v) is 12.4. The van der Waals surface area contributed by atoms with Crippen molar-refractivity contribution in [3.8, 4) is 17.1 Å². The van der Waals surface area contributed by atoms with Crippen LogP contribution in [0, 0.1) is 6.92 Å². The summed E-state index contributed by atoms with van der Waals surface area (Å²) < 4.78 is 3.92. The van der Waals surface area contributed by atoms with E-state index in [4.69, 9.17) is 0 Å². The van der Waals surface area contributed by atoms with Gasteiger partial charge in [-0.05, 0) is 42.2 Å². The zero-order valence-corrected chi connectivity index (χ0v) is 21.5. The molecule has 2 heterocycles. The van der Waals surface area contributed by atoms with Gasteiger partial charge in [-0.1, -0.05) is 74.5 Å². The number of aryl methyl sites for hydroxylation is 2. The van der Waals surface area contributed by atoms with Gasteiger partial charge in [-0.15, -0.1) is 10.2 Å². The fourth-order valence-electron chi connectivity index (χ4n) is 3.54. The number of carbonyl (C=O) groups is 1. The monoisotopic (exact) mass is 486 g/mol. The summed E-state index contributed by atoms with van der Waals surface area (Å²) in [5.74, 6) is 0.686. The van der Waals surface area contributed by atoms with Crippen LogP contribution in [0.3, 0.4) is 0 Å². The van der Waals surface area contributed by atoms with Gasteiger partial charge in [-0.25, -0.2) is 5.43 Å². The van der Waals surface area contributed by atoms with Crippen LogP contribution in [0.2, 0.25) is 0 Å². The van der Waals surface area contributed by atoms with Gasteiger partial charge in [0.05, 0.1) is 17.7 Å². The first-order chi connectivity index (χ1) is 16.7. The second-order valence-corrected chi connectivity index (χ2v) is 10.4. The first-order valence-electron chi connectivity index (χ1n) is 11.4. The van der Waals surface area contributed by atoms with Crippen molar-refractivity contribution < 1.29 is 4.79 Å². The molecule has 35 heavy (non-hydrogen) atoms. The second kappa shape index (κ2) is 10.3. The summed E-state index contributed by atoms with van der Waals surface area (Å²) in [5.41, 5.74) is 7.89. The molecule has 0 bridgehead atoms. The molecule has 4 aromatic rings. The molecule has 0 atom stereocenters. The minimum absolute atomic E-state index is 0.0697. The molecular formula is C27H30N6OS. The van der Waals surface area contributed by atoms with Crippen LogP contribution >= 0.6 is 11.8 Å². The van der Waals surface area contributed by atoms with Gasteiger partial charge < -0.3 is 4.57 Å². The number of hydrogen-bond donors (Lipinski definition) is 1. The molecule has 0 saturated carbocycles. The van der Waals surface area contributed by atoms with Crippen LogP contribution in [0.4, 0.5) is 0 Å². The van der Waals surface area contributed by atoms with Gasteiger partial charge in [0.25, 0.3) is 5.91 Å². The van der Waals surface area contributed by atoms with Crippen molar-refractivity contribution in [3.63, 3.8) is 0 Å². The van der Waals surface area contributed by atoms with Gasteiger partial charge >= 0.3 is 0 Å². The van der Waals surface area contributed by atoms with Crippen molar-refractivity contribution in [3.05, 3.63) is 83.7 Å². The first kappa shape index (κ1) is 24.5. The number of thioether (sulfide) groups is 1. The molecule has 0 aliphatic carbocycles. The van der Waals surface area contributed by atoms with Gasteiger partial charge in [0.2, 0.25) is 0 Å². The molecule has 1 amide bonds. The topological polar surface area (TPSA) is 77.1 Å². The zero-order chi connectivity index (χ0) is 25.0. The van der Waals surface area contributed by atoms with Crippen molar-refractivity contribution in [2.45, 2.75) is 38.3 Å². The fourth-order valence-corrected chi connectivity index (χ4v) is 4.28. The number of carbonyl (C=O) groups excluding carboxylic acids is 1. The maximum absolute atomic E-state index is 12.4. The summed E-state index contributed by atoms with van der Waals surface area (Å²) in [6.07, 6.45) is 3.54. The van der Waals surface area contributed by atoms with E-state index < -0.39 is 0 Å². The van der Waals surface area contributed by atoms with Gasteiger partial charge in [0, 0.05) is 24.5 Å². The quantitative estimate of drug-likeness (QED) is 0.223. The maximum atomic E-state index is 12.4. The maximum Gasteiger partial charge on any atom is 0.250 e. The van der Waals surface area contributed by atoms with Crippen LogP contribution in [0.1, 0.15) is 37.6 Å².